The lowest BCUT2D eigenvalue weighted by Gasteiger charge is -2.23. The van der Waals surface area contributed by atoms with E-state index in [9.17, 15) is 18.3 Å². The minimum absolute atomic E-state index is 0.199. The maximum absolute atomic E-state index is 12.5. The SMILES string of the molecule is C=CCCC(C)(O)Cc1cccc(C(F)(F)F)c1. The van der Waals surface area contributed by atoms with Gasteiger partial charge in [-0.3, -0.25) is 0 Å². The molecule has 1 rings (SSSR count). The van der Waals surface area contributed by atoms with E-state index in [1.807, 2.05) is 0 Å². The van der Waals surface area contributed by atoms with Gasteiger partial charge in [-0.15, -0.1) is 6.58 Å². The van der Waals surface area contributed by atoms with Gasteiger partial charge in [-0.2, -0.15) is 13.2 Å². The van der Waals surface area contributed by atoms with Gasteiger partial charge in [-0.1, -0.05) is 24.3 Å². The van der Waals surface area contributed by atoms with Crippen molar-refractivity contribution in [2.24, 2.45) is 0 Å². The molecule has 0 radical (unpaired) electrons. The molecule has 100 valence electrons. The van der Waals surface area contributed by atoms with Gasteiger partial charge in [-0.25, -0.2) is 0 Å². The van der Waals surface area contributed by atoms with Crippen LogP contribution in [0.1, 0.15) is 30.9 Å². The Balaban J connectivity index is 2.82. The van der Waals surface area contributed by atoms with Gasteiger partial charge in [-0.05, 0) is 31.4 Å². The van der Waals surface area contributed by atoms with Crippen LogP contribution in [0.2, 0.25) is 0 Å². The van der Waals surface area contributed by atoms with Crippen molar-refractivity contribution in [2.45, 2.75) is 38.0 Å². The average molecular weight is 258 g/mol. The molecule has 0 aromatic heterocycles. The Morgan fingerprint density at radius 2 is 2.00 bits per heavy atom. The Bertz CT molecular complexity index is 408. The summed E-state index contributed by atoms with van der Waals surface area (Å²) in [5, 5.41) is 10.1. The monoisotopic (exact) mass is 258 g/mol. The van der Waals surface area contributed by atoms with Crippen LogP contribution in [-0.4, -0.2) is 10.7 Å². The molecule has 0 aliphatic carbocycles. The van der Waals surface area contributed by atoms with E-state index in [-0.39, 0.29) is 6.42 Å². The lowest BCUT2D eigenvalue weighted by molar-refractivity contribution is -0.137. The van der Waals surface area contributed by atoms with Crippen molar-refractivity contribution in [3.8, 4) is 0 Å². The number of hydrogen-bond acceptors (Lipinski definition) is 1. The maximum Gasteiger partial charge on any atom is 0.416 e. The van der Waals surface area contributed by atoms with Gasteiger partial charge in [0, 0.05) is 6.42 Å². The van der Waals surface area contributed by atoms with Gasteiger partial charge < -0.3 is 5.11 Å². The number of benzene rings is 1. The highest BCUT2D eigenvalue weighted by atomic mass is 19.4. The van der Waals surface area contributed by atoms with E-state index in [1.165, 1.54) is 6.07 Å². The van der Waals surface area contributed by atoms with Crippen molar-refractivity contribution in [2.75, 3.05) is 0 Å². The number of alkyl halides is 3. The molecule has 1 unspecified atom stereocenters. The number of rotatable bonds is 5. The van der Waals surface area contributed by atoms with Crippen LogP contribution >= 0.6 is 0 Å². The largest absolute Gasteiger partial charge is 0.416 e. The topological polar surface area (TPSA) is 20.2 Å². The van der Waals surface area contributed by atoms with Gasteiger partial charge in [0.2, 0.25) is 0 Å². The van der Waals surface area contributed by atoms with Crippen LogP contribution in [0.5, 0.6) is 0 Å². The molecule has 1 aromatic rings. The van der Waals surface area contributed by atoms with Gasteiger partial charge in [0.05, 0.1) is 11.2 Å². The highest BCUT2D eigenvalue weighted by Gasteiger charge is 2.31. The zero-order chi connectivity index (χ0) is 13.8. The van der Waals surface area contributed by atoms with Crippen LogP contribution in [0.25, 0.3) is 0 Å². The van der Waals surface area contributed by atoms with E-state index in [0.717, 1.165) is 12.1 Å². The first-order chi connectivity index (χ1) is 8.24. The number of allylic oxidation sites excluding steroid dienone is 1. The normalized spacial score (nSPS) is 15.2. The molecule has 0 heterocycles. The molecule has 0 aliphatic heterocycles. The molecule has 0 fully saturated rings. The lowest BCUT2D eigenvalue weighted by atomic mass is 9.91. The van der Waals surface area contributed by atoms with E-state index in [4.69, 9.17) is 0 Å². The second-order valence-electron chi connectivity index (χ2n) is 4.70. The highest BCUT2D eigenvalue weighted by Crippen LogP contribution is 2.30. The minimum Gasteiger partial charge on any atom is -0.390 e. The van der Waals surface area contributed by atoms with Crippen molar-refractivity contribution in [3.63, 3.8) is 0 Å². The molecule has 4 heteroatoms. The highest BCUT2D eigenvalue weighted by molar-refractivity contribution is 5.26. The fourth-order valence-electron chi connectivity index (χ4n) is 1.80. The lowest BCUT2D eigenvalue weighted by Crippen LogP contribution is -2.27. The van der Waals surface area contributed by atoms with Gasteiger partial charge in [0.15, 0.2) is 0 Å². The molecule has 0 bridgehead atoms. The van der Waals surface area contributed by atoms with Crippen LogP contribution in [0.15, 0.2) is 36.9 Å². The van der Waals surface area contributed by atoms with E-state index in [1.54, 1.807) is 19.1 Å². The molecule has 1 nitrogen and oxygen atoms in total. The summed E-state index contributed by atoms with van der Waals surface area (Å²) in [6.45, 7) is 5.18. The zero-order valence-corrected chi connectivity index (χ0v) is 10.3. The van der Waals surface area contributed by atoms with Gasteiger partial charge in [0.25, 0.3) is 0 Å². The van der Waals surface area contributed by atoms with Crippen molar-refractivity contribution in [1.29, 1.82) is 0 Å². The summed E-state index contributed by atoms with van der Waals surface area (Å²) < 4.78 is 37.6. The summed E-state index contributed by atoms with van der Waals surface area (Å²) in [5.41, 5.74) is -1.21. The third kappa shape index (κ3) is 4.53. The predicted molar refractivity (Wildman–Crippen MR) is 65.2 cm³/mol. The molecule has 1 N–H and O–H groups in total. The van der Waals surface area contributed by atoms with E-state index < -0.39 is 17.3 Å². The summed E-state index contributed by atoms with van der Waals surface area (Å²) in [7, 11) is 0. The average Bonchev–Trinajstić information content (AvgIpc) is 2.25. The second kappa shape index (κ2) is 5.57. The molecular weight excluding hydrogens is 241 g/mol. The zero-order valence-electron chi connectivity index (χ0n) is 10.3. The standard InChI is InChI=1S/C14H17F3O/c1-3-4-8-13(2,18)10-11-6-5-7-12(9-11)14(15,16)17/h3,5-7,9,18H,1,4,8,10H2,2H3. The molecule has 0 amide bonds. The third-order valence-corrected chi connectivity index (χ3v) is 2.73. The van der Waals surface area contributed by atoms with Crippen molar-refractivity contribution in [1.82, 2.24) is 0 Å². The fraction of sp³-hybridized carbons (Fsp3) is 0.429. The molecule has 0 saturated heterocycles. The van der Waals surface area contributed by atoms with Crippen LogP contribution in [-0.2, 0) is 12.6 Å². The Hall–Kier alpha value is -1.29. The first-order valence-corrected chi connectivity index (χ1v) is 5.74. The third-order valence-electron chi connectivity index (χ3n) is 2.73. The summed E-state index contributed by atoms with van der Waals surface area (Å²) in [6, 6.07) is 5.07. The van der Waals surface area contributed by atoms with E-state index in [2.05, 4.69) is 6.58 Å². The molecule has 1 atom stereocenters. The number of hydrogen-bond donors (Lipinski definition) is 1. The molecule has 0 saturated carbocycles. The second-order valence-corrected chi connectivity index (χ2v) is 4.70. The summed E-state index contributed by atoms with van der Waals surface area (Å²) >= 11 is 0. The van der Waals surface area contributed by atoms with Crippen LogP contribution in [0.4, 0.5) is 13.2 Å². The quantitative estimate of drug-likeness (QED) is 0.792. The Labute approximate surface area is 105 Å². The molecule has 1 aromatic carbocycles. The predicted octanol–water partition coefficient (Wildman–Crippen LogP) is 3.97. The fourth-order valence-corrected chi connectivity index (χ4v) is 1.80. The number of halogens is 3. The number of aliphatic hydroxyl groups is 1. The minimum atomic E-state index is -4.34. The van der Waals surface area contributed by atoms with Gasteiger partial charge in [0.1, 0.15) is 0 Å². The Morgan fingerprint density at radius 3 is 2.56 bits per heavy atom. The summed E-state index contributed by atoms with van der Waals surface area (Å²) in [4.78, 5) is 0. The molecule has 0 spiro atoms. The first kappa shape index (κ1) is 14.8. The van der Waals surface area contributed by atoms with Crippen LogP contribution in [0.3, 0.4) is 0 Å². The first-order valence-electron chi connectivity index (χ1n) is 5.74. The maximum atomic E-state index is 12.5. The Morgan fingerprint density at radius 1 is 1.33 bits per heavy atom. The molecular formula is C14H17F3O. The van der Waals surface area contributed by atoms with Crippen molar-refractivity contribution in [3.05, 3.63) is 48.0 Å². The smallest absolute Gasteiger partial charge is 0.390 e. The summed E-state index contributed by atoms with van der Waals surface area (Å²) in [6.07, 6.45) is -1.35. The van der Waals surface area contributed by atoms with E-state index >= 15 is 0 Å². The van der Waals surface area contributed by atoms with E-state index in [0.29, 0.717) is 18.4 Å². The van der Waals surface area contributed by atoms with Crippen LogP contribution in [0, 0.1) is 0 Å². The van der Waals surface area contributed by atoms with Gasteiger partial charge >= 0.3 is 6.18 Å². The Kier molecular flexibility index (Phi) is 4.57. The summed E-state index contributed by atoms with van der Waals surface area (Å²) in [5.74, 6) is 0. The molecule has 18 heavy (non-hydrogen) atoms. The van der Waals surface area contributed by atoms with Crippen molar-refractivity contribution < 1.29 is 18.3 Å². The van der Waals surface area contributed by atoms with Crippen molar-refractivity contribution >= 4 is 0 Å². The molecule has 0 aliphatic rings. The van der Waals surface area contributed by atoms with Crippen LogP contribution < -0.4 is 0 Å².